The van der Waals surface area contributed by atoms with E-state index in [0.29, 0.717) is 13.1 Å². The number of rotatable bonds is 3. The molecular formula is C12H15N3O4. The summed E-state index contributed by atoms with van der Waals surface area (Å²) in [5, 5.41) is 23.6. The fourth-order valence-electron chi connectivity index (χ4n) is 2.20. The van der Waals surface area contributed by atoms with Crippen LogP contribution in [0.15, 0.2) is 24.3 Å². The zero-order chi connectivity index (χ0) is 14.0. The zero-order valence-corrected chi connectivity index (χ0v) is 10.4. The molecule has 1 aliphatic heterocycles. The maximum Gasteiger partial charge on any atom is 0.282 e. The fourth-order valence-corrected chi connectivity index (χ4v) is 2.20. The fraction of sp³-hybridized carbons (Fsp3) is 0.417. The van der Waals surface area contributed by atoms with Crippen LogP contribution in [0, 0.1) is 10.1 Å². The quantitative estimate of drug-likeness (QED) is 0.592. The molecule has 1 aromatic rings. The monoisotopic (exact) mass is 265 g/mol. The normalized spacial score (nSPS) is 22.2. The molecule has 1 amide bonds. The average molecular weight is 265 g/mol. The standard InChI is InChI=1S/C12H15N3O4/c1-14(10-6-13-7-11(10)16)12(17)8-4-2-3-5-9(8)15(18)19/h2-5,10-11,13,16H,6-7H2,1H3/t10-,11-/m1/s1. The molecule has 7 heteroatoms. The van der Waals surface area contributed by atoms with Crippen molar-refractivity contribution >= 4 is 11.6 Å². The smallest absolute Gasteiger partial charge is 0.282 e. The molecule has 0 saturated carbocycles. The van der Waals surface area contributed by atoms with E-state index in [1.54, 1.807) is 13.1 Å². The number of hydrogen-bond acceptors (Lipinski definition) is 5. The number of hydrogen-bond donors (Lipinski definition) is 2. The van der Waals surface area contributed by atoms with Gasteiger partial charge in [0.1, 0.15) is 5.56 Å². The number of nitro benzene ring substituents is 1. The number of para-hydroxylation sites is 1. The largest absolute Gasteiger partial charge is 0.390 e. The summed E-state index contributed by atoms with van der Waals surface area (Å²) in [4.78, 5) is 24.0. The Bertz CT molecular complexity index is 506. The van der Waals surface area contributed by atoms with E-state index in [2.05, 4.69) is 5.32 Å². The maximum absolute atomic E-state index is 12.3. The van der Waals surface area contributed by atoms with Gasteiger partial charge in [-0.1, -0.05) is 12.1 Å². The Hall–Kier alpha value is -1.99. The lowest BCUT2D eigenvalue weighted by atomic mass is 10.1. The second kappa shape index (κ2) is 5.33. The number of benzene rings is 1. The minimum absolute atomic E-state index is 0.0362. The van der Waals surface area contributed by atoms with Crippen LogP contribution in [0.5, 0.6) is 0 Å². The summed E-state index contributed by atoms with van der Waals surface area (Å²) in [7, 11) is 1.54. The van der Waals surface area contributed by atoms with Gasteiger partial charge in [-0.3, -0.25) is 14.9 Å². The Morgan fingerprint density at radius 2 is 2.16 bits per heavy atom. The average Bonchev–Trinajstić information content (AvgIpc) is 2.83. The number of likely N-dealkylation sites (N-methyl/N-ethyl adjacent to an activating group) is 1. The maximum atomic E-state index is 12.3. The first-order valence-electron chi connectivity index (χ1n) is 5.91. The first-order valence-corrected chi connectivity index (χ1v) is 5.91. The van der Waals surface area contributed by atoms with Gasteiger partial charge < -0.3 is 15.3 Å². The Morgan fingerprint density at radius 1 is 1.47 bits per heavy atom. The van der Waals surface area contributed by atoms with Crippen LogP contribution < -0.4 is 5.32 Å². The van der Waals surface area contributed by atoms with Crippen molar-refractivity contribution in [3.05, 3.63) is 39.9 Å². The molecule has 1 fully saturated rings. The van der Waals surface area contributed by atoms with E-state index < -0.39 is 16.9 Å². The summed E-state index contributed by atoms with van der Waals surface area (Å²) >= 11 is 0. The van der Waals surface area contributed by atoms with Crippen molar-refractivity contribution in [3.8, 4) is 0 Å². The number of amides is 1. The number of nitrogens with one attached hydrogen (secondary N) is 1. The first-order chi connectivity index (χ1) is 9.02. The molecule has 2 rings (SSSR count). The lowest BCUT2D eigenvalue weighted by molar-refractivity contribution is -0.385. The summed E-state index contributed by atoms with van der Waals surface area (Å²) in [6, 6.07) is 5.45. The summed E-state index contributed by atoms with van der Waals surface area (Å²) in [6.07, 6.45) is -0.656. The molecule has 2 atom stereocenters. The van der Waals surface area contributed by atoms with Crippen molar-refractivity contribution in [1.82, 2.24) is 10.2 Å². The van der Waals surface area contributed by atoms with E-state index in [1.165, 1.54) is 23.1 Å². The number of carbonyl (C=O) groups excluding carboxylic acids is 1. The lowest BCUT2D eigenvalue weighted by Crippen LogP contribution is -2.44. The molecule has 0 spiro atoms. The summed E-state index contributed by atoms with van der Waals surface area (Å²) < 4.78 is 0. The van der Waals surface area contributed by atoms with Crippen molar-refractivity contribution in [3.63, 3.8) is 0 Å². The molecule has 1 aliphatic rings. The molecule has 1 saturated heterocycles. The highest BCUT2D eigenvalue weighted by molar-refractivity contribution is 5.98. The SMILES string of the molecule is CN(C(=O)c1ccccc1[N+](=O)[O-])[C@@H]1CNC[C@H]1O. The van der Waals surface area contributed by atoms with Crippen LogP contribution in [0.1, 0.15) is 10.4 Å². The number of carbonyl (C=O) groups is 1. The van der Waals surface area contributed by atoms with E-state index in [9.17, 15) is 20.0 Å². The molecule has 7 nitrogen and oxygen atoms in total. The molecule has 0 bridgehead atoms. The van der Waals surface area contributed by atoms with E-state index in [-0.39, 0.29) is 17.3 Å². The van der Waals surface area contributed by atoms with E-state index in [4.69, 9.17) is 0 Å². The molecule has 0 radical (unpaired) electrons. The summed E-state index contributed by atoms with van der Waals surface area (Å²) in [5.41, 5.74) is -0.186. The third kappa shape index (κ3) is 2.56. The number of aliphatic hydroxyl groups is 1. The molecule has 1 heterocycles. The highest BCUT2D eigenvalue weighted by Gasteiger charge is 2.33. The van der Waals surface area contributed by atoms with Gasteiger partial charge in [-0.15, -0.1) is 0 Å². The van der Waals surface area contributed by atoms with Crippen LogP contribution >= 0.6 is 0 Å². The van der Waals surface area contributed by atoms with Gasteiger partial charge >= 0.3 is 0 Å². The van der Waals surface area contributed by atoms with E-state index >= 15 is 0 Å². The van der Waals surface area contributed by atoms with Crippen molar-refractivity contribution < 1.29 is 14.8 Å². The molecule has 102 valence electrons. The number of nitro groups is 1. The number of nitrogens with zero attached hydrogens (tertiary/aromatic N) is 2. The van der Waals surface area contributed by atoms with Gasteiger partial charge in [0.25, 0.3) is 11.6 Å². The Labute approximate surface area is 110 Å². The third-order valence-corrected chi connectivity index (χ3v) is 3.30. The molecule has 0 unspecified atom stereocenters. The topological polar surface area (TPSA) is 95.7 Å². The van der Waals surface area contributed by atoms with Gasteiger partial charge in [-0.2, -0.15) is 0 Å². The third-order valence-electron chi connectivity index (χ3n) is 3.30. The van der Waals surface area contributed by atoms with Crippen LogP contribution in [0.4, 0.5) is 5.69 Å². The summed E-state index contributed by atoms with van der Waals surface area (Å²) in [6.45, 7) is 0.892. The van der Waals surface area contributed by atoms with E-state index in [0.717, 1.165) is 0 Å². The van der Waals surface area contributed by atoms with Crippen molar-refractivity contribution in [2.45, 2.75) is 12.1 Å². The van der Waals surface area contributed by atoms with Crippen LogP contribution in [-0.4, -0.2) is 53.1 Å². The van der Waals surface area contributed by atoms with Gasteiger partial charge in [0.05, 0.1) is 17.1 Å². The predicted octanol–water partition coefficient (Wildman–Crippen LogP) is -0.000500. The van der Waals surface area contributed by atoms with Crippen LogP contribution in [0.3, 0.4) is 0 Å². The van der Waals surface area contributed by atoms with Gasteiger partial charge in [0.2, 0.25) is 0 Å². The molecule has 1 aromatic carbocycles. The highest BCUT2D eigenvalue weighted by Crippen LogP contribution is 2.21. The van der Waals surface area contributed by atoms with Crippen molar-refractivity contribution in [2.75, 3.05) is 20.1 Å². The molecule has 0 aliphatic carbocycles. The first kappa shape index (κ1) is 13.4. The van der Waals surface area contributed by atoms with E-state index in [1.807, 2.05) is 0 Å². The predicted molar refractivity (Wildman–Crippen MR) is 67.9 cm³/mol. The molecular weight excluding hydrogens is 250 g/mol. The Balaban J connectivity index is 2.26. The van der Waals surface area contributed by atoms with Crippen LogP contribution in [0.25, 0.3) is 0 Å². The number of β-amino-alcohol motifs (C(OH)–C–C–N with tert-alkyl or cyclic N) is 1. The van der Waals surface area contributed by atoms with Crippen LogP contribution in [0.2, 0.25) is 0 Å². The second-order valence-electron chi connectivity index (χ2n) is 4.48. The summed E-state index contributed by atoms with van der Waals surface area (Å²) in [5.74, 6) is -0.458. The van der Waals surface area contributed by atoms with Gasteiger partial charge in [0, 0.05) is 26.2 Å². The second-order valence-corrected chi connectivity index (χ2v) is 4.48. The van der Waals surface area contributed by atoms with Gasteiger partial charge in [0.15, 0.2) is 0 Å². The van der Waals surface area contributed by atoms with Gasteiger partial charge in [-0.05, 0) is 6.07 Å². The van der Waals surface area contributed by atoms with Crippen molar-refractivity contribution in [1.29, 1.82) is 0 Å². The van der Waals surface area contributed by atoms with Crippen LogP contribution in [-0.2, 0) is 0 Å². The minimum atomic E-state index is -0.656. The Kier molecular flexibility index (Phi) is 3.77. The van der Waals surface area contributed by atoms with Crippen molar-refractivity contribution in [2.24, 2.45) is 0 Å². The Morgan fingerprint density at radius 3 is 2.74 bits per heavy atom. The zero-order valence-electron chi connectivity index (χ0n) is 10.4. The highest BCUT2D eigenvalue weighted by atomic mass is 16.6. The molecule has 0 aromatic heterocycles. The molecule has 2 N–H and O–H groups in total. The number of aliphatic hydroxyl groups excluding tert-OH is 1. The minimum Gasteiger partial charge on any atom is -0.390 e. The lowest BCUT2D eigenvalue weighted by Gasteiger charge is -2.26. The van der Waals surface area contributed by atoms with Gasteiger partial charge in [-0.25, -0.2) is 0 Å². The molecule has 19 heavy (non-hydrogen) atoms.